The molecule has 2 aromatic heterocycles. The van der Waals surface area contributed by atoms with Crippen LogP contribution in [0.15, 0.2) is 24.3 Å². The Morgan fingerprint density at radius 3 is 2.70 bits per heavy atom. The molecule has 3 N–H and O–H groups in total. The van der Waals surface area contributed by atoms with E-state index >= 15 is 0 Å². The van der Waals surface area contributed by atoms with Crippen molar-refractivity contribution in [1.82, 2.24) is 29.9 Å². The molecule has 0 aliphatic heterocycles. The number of aromatic nitrogens is 6. The minimum Gasteiger partial charge on any atom is -0.347 e. The van der Waals surface area contributed by atoms with Crippen LogP contribution >= 0.6 is 0 Å². The Labute approximate surface area is 114 Å². The van der Waals surface area contributed by atoms with Crippen LogP contribution in [0.2, 0.25) is 0 Å². The summed E-state index contributed by atoms with van der Waals surface area (Å²) in [5, 5.41) is 8.14. The van der Waals surface area contributed by atoms with Crippen molar-refractivity contribution < 1.29 is 0 Å². The number of nitrogens with zero attached hydrogens (tertiary/aromatic N) is 7. The summed E-state index contributed by atoms with van der Waals surface area (Å²) in [6.45, 7) is 0. The maximum Gasteiger partial charge on any atom is 0.259 e. The van der Waals surface area contributed by atoms with Crippen molar-refractivity contribution in [3.63, 3.8) is 0 Å². The molecule has 0 atom stereocenters. The first-order valence-electron chi connectivity index (χ1n) is 5.90. The lowest BCUT2D eigenvalue weighted by Crippen LogP contribution is -2.19. The molecule has 0 saturated carbocycles. The highest BCUT2D eigenvalue weighted by atomic mass is 15.5. The summed E-state index contributed by atoms with van der Waals surface area (Å²) in [6, 6.07) is 7.56. The number of nitrogen functional groups attached to an aromatic ring is 1. The van der Waals surface area contributed by atoms with E-state index in [2.05, 4.69) is 30.7 Å². The number of hydrogen-bond acceptors (Lipinski definition) is 8. The zero-order valence-electron chi connectivity index (χ0n) is 11.0. The second-order valence-electron chi connectivity index (χ2n) is 4.29. The van der Waals surface area contributed by atoms with Gasteiger partial charge < -0.3 is 4.90 Å². The van der Waals surface area contributed by atoms with Gasteiger partial charge in [0, 0.05) is 14.1 Å². The fourth-order valence-electron chi connectivity index (χ4n) is 1.73. The minimum absolute atomic E-state index is 0.262. The Bertz CT molecular complexity index is 748. The number of rotatable bonds is 3. The van der Waals surface area contributed by atoms with Gasteiger partial charge in [0.25, 0.3) is 5.95 Å². The average molecular weight is 271 g/mol. The minimum atomic E-state index is 0.262. The molecule has 3 rings (SSSR count). The van der Waals surface area contributed by atoms with Crippen LogP contribution in [0.25, 0.3) is 17.0 Å². The van der Waals surface area contributed by atoms with Crippen LogP contribution < -0.4 is 16.2 Å². The van der Waals surface area contributed by atoms with Gasteiger partial charge in [-0.15, -0.1) is 5.10 Å². The van der Waals surface area contributed by atoms with Crippen molar-refractivity contribution in [3.8, 4) is 5.95 Å². The molecule has 0 amide bonds. The van der Waals surface area contributed by atoms with Gasteiger partial charge in [0.15, 0.2) is 0 Å². The lowest BCUT2D eigenvalue weighted by atomic mass is 10.3. The monoisotopic (exact) mass is 271 g/mol. The maximum atomic E-state index is 5.39. The van der Waals surface area contributed by atoms with Gasteiger partial charge in [-0.05, 0) is 12.1 Å². The van der Waals surface area contributed by atoms with Gasteiger partial charge in [-0.1, -0.05) is 17.3 Å². The Morgan fingerprint density at radius 2 is 1.95 bits per heavy atom. The highest BCUT2D eigenvalue weighted by molar-refractivity contribution is 5.75. The Hall–Kier alpha value is -2.81. The number of benzene rings is 1. The van der Waals surface area contributed by atoms with Crippen LogP contribution in [0.4, 0.5) is 11.9 Å². The Kier molecular flexibility index (Phi) is 2.88. The summed E-state index contributed by atoms with van der Waals surface area (Å²) < 4.78 is 1.55. The number of hydrazine groups is 1. The van der Waals surface area contributed by atoms with E-state index in [9.17, 15) is 0 Å². The topological polar surface area (TPSA) is 111 Å². The van der Waals surface area contributed by atoms with Gasteiger partial charge in [0.05, 0.1) is 5.52 Å². The van der Waals surface area contributed by atoms with E-state index in [-0.39, 0.29) is 5.95 Å². The zero-order chi connectivity index (χ0) is 14.1. The molecule has 20 heavy (non-hydrogen) atoms. The van der Waals surface area contributed by atoms with Crippen LogP contribution in [0, 0.1) is 0 Å². The van der Waals surface area contributed by atoms with Crippen molar-refractivity contribution in [2.45, 2.75) is 0 Å². The van der Waals surface area contributed by atoms with Crippen LogP contribution in [0.1, 0.15) is 0 Å². The molecule has 0 spiro atoms. The molecule has 0 aliphatic rings. The van der Waals surface area contributed by atoms with Gasteiger partial charge in [-0.2, -0.15) is 19.6 Å². The lowest BCUT2D eigenvalue weighted by molar-refractivity contribution is 0.762. The number of nitrogens with one attached hydrogen (secondary N) is 1. The molecule has 0 saturated heterocycles. The van der Waals surface area contributed by atoms with Gasteiger partial charge in [0.2, 0.25) is 11.9 Å². The van der Waals surface area contributed by atoms with Crippen molar-refractivity contribution in [2.24, 2.45) is 5.84 Å². The van der Waals surface area contributed by atoms with Gasteiger partial charge >= 0.3 is 0 Å². The van der Waals surface area contributed by atoms with E-state index in [4.69, 9.17) is 5.84 Å². The van der Waals surface area contributed by atoms with Crippen molar-refractivity contribution in [2.75, 3.05) is 24.4 Å². The summed E-state index contributed by atoms with van der Waals surface area (Å²) in [7, 11) is 3.66. The van der Waals surface area contributed by atoms with Crippen molar-refractivity contribution >= 4 is 22.9 Å². The third kappa shape index (κ3) is 1.99. The summed E-state index contributed by atoms with van der Waals surface area (Å²) >= 11 is 0. The first-order valence-corrected chi connectivity index (χ1v) is 5.90. The zero-order valence-corrected chi connectivity index (χ0v) is 11.0. The molecule has 0 fully saturated rings. The third-order valence-electron chi connectivity index (χ3n) is 2.68. The number of para-hydroxylation sites is 1. The molecule has 0 aliphatic carbocycles. The molecule has 3 aromatic rings. The van der Waals surface area contributed by atoms with Crippen LogP contribution in [-0.4, -0.2) is 44.0 Å². The molecule has 9 nitrogen and oxygen atoms in total. The van der Waals surface area contributed by atoms with Crippen LogP contribution in [0.3, 0.4) is 0 Å². The third-order valence-corrected chi connectivity index (χ3v) is 2.68. The first-order chi connectivity index (χ1) is 9.69. The predicted molar refractivity (Wildman–Crippen MR) is 74.4 cm³/mol. The molecular formula is C11H13N9. The first kappa shape index (κ1) is 12.2. The molecular weight excluding hydrogens is 258 g/mol. The number of nitrogens with two attached hydrogens (primary N) is 1. The summed E-state index contributed by atoms with van der Waals surface area (Å²) in [5.41, 5.74) is 4.00. The van der Waals surface area contributed by atoms with Crippen molar-refractivity contribution in [3.05, 3.63) is 24.3 Å². The molecule has 0 radical (unpaired) electrons. The van der Waals surface area contributed by atoms with Gasteiger partial charge in [-0.3, -0.25) is 5.43 Å². The second-order valence-corrected chi connectivity index (χ2v) is 4.29. The van der Waals surface area contributed by atoms with E-state index in [1.807, 2.05) is 38.4 Å². The second kappa shape index (κ2) is 4.70. The van der Waals surface area contributed by atoms with E-state index in [1.165, 1.54) is 0 Å². The number of anilines is 2. The fraction of sp³-hybridized carbons (Fsp3) is 0.182. The Balaban J connectivity index is 2.20. The highest BCUT2D eigenvalue weighted by Gasteiger charge is 2.12. The quantitative estimate of drug-likeness (QED) is 0.504. The van der Waals surface area contributed by atoms with Gasteiger partial charge in [-0.25, -0.2) is 5.84 Å². The highest BCUT2D eigenvalue weighted by Crippen LogP contribution is 2.15. The molecule has 9 heteroatoms. The fourth-order valence-corrected chi connectivity index (χ4v) is 1.73. The molecule has 0 unspecified atom stereocenters. The lowest BCUT2D eigenvalue weighted by Gasteiger charge is -2.12. The molecule has 102 valence electrons. The van der Waals surface area contributed by atoms with Crippen LogP contribution in [-0.2, 0) is 0 Å². The molecule has 2 heterocycles. The van der Waals surface area contributed by atoms with Crippen molar-refractivity contribution in [1.29, 1.82) is 0 Å². The van der Waals surface area contributed by atoms with Crippen LogP contribution in [0.5, 0.6) is 0 Å². The standard InChI is InChI=1S/C11H13N9/c1-19(2)10-13-9(16-12)14-11(15-10)20-8-6-4-3-5-7(8)17-18-20/h3-6H,12H2,1-2H3,(H,13,14,15,16). The van der Waals surface area contributed by atoms with E-state index in [0.717, 1.165) is 11.0 Å². The molecule has 1 aromatic carbocycles. The summed E-state index contributed by atoms with van der Waals surface area (Å²) in [5.74, 6) is 6.48. The summed E-state index contributed by atoms with van der Waals surface area (Å²) in [6.07, 6.45) is 0. The number of fused-ring (bicyclic) bond motifs is 1. The predicted octanol–water partition coefficient (Wildman–Crippen LogP) is -0.0429. The van der Waals surface area contributed by atoms with E-state index in [0.29, 0.717) is 11.9 Å². The largest absolute Gasteiger partial charge is 0.347 e. The van der Waals surface area contributed by atoms with Gasteiger partial charge in [0.1, 0.15) is 5.52 Å². The van der Waals surface area contributed by atoms with E-state index < -0.39 is 0 Å². The normalized spacial score (nSPS) is 10.8. The van der Waals surface area contributed by atoms with E-state index in [1.54, 1.807) is 9.58 Å². The number of hydrogen-bond donors (Lipinski definition) is 2. The SMILES string of the molecule is CN(C)c1nc(NN)nc(-n2nnc3ccccc32)n1. The maximum absolute atomic E-state index is 5.39. The summed E-state index contributed by atoms with van der Waals surface area (Å²) in [4.78, 5) is 14.4. The smallest absolute Gasteiger partial charge is 0.259 e. The molecule has 0 bridgehead atoms. The Morgan fingerprint density at radius 1 is 1.15 bits per heavy atom. The average Bonchev–Trinajstić information content (AvgIpc) is 2.90.